The van der Waals surface area contributed by atoms with Crippen LogP contribution >= 0.6 is 11.6 Å². The standard InChI is InChI=1S/C11H7ClO3/c12-10-5-7-3-8(13)2-1-6(7)4-9(10)11(14)15/h1-5,13H,(H,14,15). The topological polar surface area (TPSA) is 57.5 Å². The third kappa shape index (κ3) is 1.74. The molecule has 2 N–H and O–H groups in total. The fourth-order valence-corrected chi connectivity index (χ4v) is 1.67. The number of phenols is 1. The summed E-state index contributed by atoms with van der Waals surface area (Å²) in [4.78, 5) is 10.8. The Kier molecular flexibility index (Phi) is 2.25. The Morgan fingerprint density at radius 3 is 2.53 bits per heavy atom. The highest BCUT2D eigenvalue weighted by atomic mass is 35.5. The summed E-state index contributed by atoms with van der Waals surface area (Å²) in [5, 5.41) is 19.7. The molecule has 0 heterocycles. The van der Waals surface area contributed by atoms with E-state index < -0.39 is 5.97 Å². The molecule has 0 aliphatic rings. The van der Waals surface area contributed by atoms with Gasteiger partial charge in [-0.3, -0.25) is 0 Å². The van der Waals surface area contributed by atoms with Crippen molar-refractivity contribution < 1.29 is 15.0 Å². The van der Waals surface area contributed by atoms with Crippen LogP contribution in [-0.2, 0) is 0 Å². The molecule has 0 radical (unpaired) electrons. The van der Waals surface area contributed by atoms with Crippen molar-refractivity contribution in [3.63, 3.8) is 0 Å². The van der Waals surface area contributed by atoms with Crippen LogP contribution < -0.4 is 0 Å². The molecule has 0 bridgehead atoms. The van der Waals surface area contributed by atoms with Crippen LogP contribution in [0.2, 0.25) is 5.02 Å². The van der Waals surface area contributed by atoms with Crippen molar-refractivity contribution in [3.8, 4) is 5.75 Å². The molecular formula is C11H7ClO3. The summed E-state index contributed by atoms with van der Waals surface area (Å²) in [6.07, 6.45) is 0. The lowest BCUT2D eigenvalue weighted by atomic mass is 10.1. The minimum absolute atomic E-state index is 0.0647. The van der Waals surface area contributed by atoms with Gasteiger partial charge in [-0.1, -0.05) is 17.7 Å². The number of aromatic carboxylic acids is 1. The molecule has 0 fully saturated rings. The number of halogens is 1. The van der Waals surface area contributed by atoms with Crippen molar-refractivity contribution in [2.75, 3.05) is 0 Å². The summed E-state index contributed by atoms with van der Waals surface area (Å²) in [5.74, 6) is -0.934. The second-order valence-corrected chi connectivity index (χ2v) is 3.58. The maximum absolute atomic E-state index is 10.8. The van der Waals surface area contributed by atoms with Crippen LogP contribution in [0.15, 0.2) is 30.3 Å². The van der Waals surface area contributed by atoms with Gasteiger partial charge in [-0.2, -0.15) is 0 Å². The molecule has 0 spiro atoms. The van der Waals surface area contributed by atoms with Gasteiger partial charge in [-0.15, -0.1) is 0 Å². The molecule has 2 rings (SSSR count). The molecule has 4 heteroatoms. The van der Waals surface area contributed by atoms with Crippen LogP contribution in [0.25, 0.3) is 10.8 Å². The second-order valence-electron chi connectivity index (χ2n) is 3.17. The zero-order valence-corrected chi connectivity index (χ0v) is 8.32. The number of phenolic OH excluding ortho intramolecular Hbond substituents is 1. The van der Waals surface area contributed by atoms with E-state index in [4.69, 9.17) is 16.7 Å². The molecule has 0 saturated heterocycles. The van der Waals surface area contributed by atoms with E-state index >= 15 is 0 Å². The van der Waals surface area contributed by atoms with E-state index in [9.17, 15) is 9.90 Å². The lowest BCUT2D eigenvalue weighted by molar-refractivity contribution is 0.0697. The van der Waals surface area contributed by atoms with Gasteiger partial charge in [0.05, 0.1) is 10.6 Å². The van der Waals surface area contributed by atoms with Gasteiger partial charge in [-0.05, 0) is 35.0 Å². The molecule has 0 saturated carbocycles. The molecule has 0 aliphatic heterocycles. The van der Waals surface area contributed by atoms with Crippen molar-refractivity contribution >= 4 is 28.3 Å². The fraction of sp³-hybridized carbons (Fsp3) is 0. The fourth-order valence-electron chi connectivity index (χ4n) is 1.42. The van der Waals surface area contributed by atoms with Gasteiger partial charge >= 0.3 is 5.97 Å². The monoisotopic (exact) mass is 222 g/mol. The van der Waals surface area contributed by atoms with Gasteiger partial charge in [0.1, 0.15) is 5.75 Å². The average Bonchev–Trinajstić information content (AvgIpc) is 2.15. The zero-order valence-electron chi connectivity index (χ0n) is 7.57. The maximum Gasteiger partial charge on any atom is 0.337 e. The van der Waals surface area contributed by atoms with Gasteiger partial charge < -0.3 is 10.2 Å². The Hall–Kier alpha value is -1.74. The molecule has 0 unspecified atom stereocenters. The number of aromatic hydroxyl groups is 1. The van der Waals surface area contributed by atoms with Crippen molar-refractivity contribution in [1.82, 2.24) is 0 Å². The van der Waals surface area contributed by atoms with E-state index in [0.29, 0.717) is 5.39 Å². The summed E-state index contributed by atoms with van der Waals surface area (Å²) >= 11 is 5.79. The van der Waals surface area contributed by atoms with E-state index in [1.165, 1.54) is 24.3 Å². The maximum atomic E-state index is 10.8. The van der Waals surface area contributed by atoms with Crippen molar-refractivity contribution in [3.05, 3.63) is 40.9 Å². The summed E-state index contributed by atoms with van der Waals surface area (Å²) in [5.41, 5.74) is 0.0647. The van der Waals surface area contributed by atoms with E-state index in [1.807, 2.05) is 0 Å². The van der Waals surface area contributed by atoms with Crippen LogP contribution in [0.3, 0.4) is 0 Å². The molecule has 2 aromatic carbocycles. The van der Waals surface area contributed by atoms with E-state index in [1.54, 1.807) is 6.07 Å². The molecule has 0 aliphatic carbocycles. The first-order valence-corrected chi connectivity index (χ1v) is 4.61. The van der Waals surface area contributed by atoms with E-state index in [0.717, 1.165) is 5.39 Å². The minimum Gasteiger partial charge on any atom is -0.508 e. The SMILES string of the molecule is O=C(O)c1cc2ccc(O)cc2cc1Cl. The number of fused-ring (bicyclic) bond motifs is 1. The third-order valence-electron chi connectivity index (χ3n) is 2.14. The highest BCUT2D eigenvalue weighted by Crippen LogP contribution is 2.26. The lowest BCUT2D eigenvalue weighted by Gasteiger charge is -2.03. The van der Waals surface area contributed by atoms with Crippen LogP contribution in [0.1, 0.15) is 10.4 Å². The Morgan fingerprint density at radius 1 is 1.13 bits per heavy atom. The Morgan fingerprint density at radius 2 is 1.87 bits per heavy atom. The van der Waals surface area contributed by atoms with Crippen molar-refractivity contribution in [2.24, 2.45) is 0 Å². The number of benzene rings is 2. The molecule has 3 nitrogen and oxygen atoms in total. The predicted octanol–water partition coefficient (Wildman–Crippen LogP) is 2.90. The van der Waals surface area contributed by atoms with Crippen molar-refractivity contribution in [2.45, 2.75) is 0 Å². The predicted molar refractivity (Wildman–Crippen MR) is 57.6 cm³/mol. The third-order valence-corrected chi connectivity index (χ3v) is 2.45. The lowest BCUT2D eigenvalue weighted by Crippen LogP contribution is -1.97. The first kappa shape index (κ1) is 9.80. The van der Waals surface area contributed by atoms with Crippen LogP contribution in [0.5, 0.6) is 5.75 Å². The van der Waals surface area contributed by atoms with Crippen LogP contribution in [0, 0.1) is 0 Å². The molecule has 76 valence electrons. The number of hydrogen-bond donors (Lipinski definition) is 2. The summed E-state index contributed by atoms with van der Waals surface area (Å²) < 4.78 is 0. The smallest absolute Gasteiger partial charge is 0.337 e. The quantitative estimate of drug-likeness (QED) is 0.780. The van der Waals surface area contributed by atoms with E-state index in [2.05, 4.69) is 0 Å². The summed E-state index contributed by atoms with van der Waals surface area (Å²) in [6.45, 7) is 0. The number of carboxylic acid groups (broad SMARTS) is 1. The largest absolute Gasteiger partial charge is 0.508 e. The number of carbonyl (C=O) groups is 1. The second kappa shape index (κ2) is 3.44. The number of rotatable bonds is 1. The molecular weight excluding hydrogens is 216 g/mol. The molecule has 15 heavy (non-hydrogen) atoms. The zero-order chi connectivity index (χ0) is 11.0. The van der Waals surface area contributed by atoms with Crippen LogP contribution in [0.4, 0.5) is 0 Å². The summed E-state index contributed by atoms with van der Waals surface area (Å²) in [6, 6.07) is 7.70. The molecule has 0 atom stereocenters. The number of carboxylic acids is 1. The highest BCUT2D eigenvalue weighted by Gasteiger charge is 2.09. The first-order chi connectivity index (χ1) is 7.08. The van der Waals surface area contributed by atoms with Crippen molar-refractivity contribution in [1.29, 1.82) is 0 Å². The Bertz CT molecular complexity index is 549. The van der Waals surface area contributed by atoms with Gasteiger partial charge in [0, 0.05) is 0 Å². The highest BCUT2D eigenvalue weighted by molar-refractivity contribution is 6.34. The van der Waals surface area contributed by atoms with E-state index in [-0.39, 0.29) is 16.3 Å². The Labute approximate surface area is 90.5 Å². The molecule has 0 aromatic heterocycles. The number of hydrogen-bond acceptors (Lipinski definition) is 2. The summed E-state index contributed by atoms with van der Waals surface area (Å²) in [7, 11) is 0. The Balaban J connectivity index is 2.76. The first-order valence-electron chi connectivity index (χ1n) is 4.23. The minimum atomic E-state index is -1.06. The van der Waals surface area contributed by atoms with Gasteiger partial charge in [0.2, 0.25) is 0 Å². The molecule has 2 aromatic rings. The normalized spacial score (nSPS) is 10.5. The van der Waals surface area contributed by atoms with Gasteiger partial charge in [-0.25, -0.2) is 4.79 Å². The van der Waals surface area contributed by atoms with Gasteiger partial charge in [0.25, 0.3) is 0 Å². The average molecular weight is 223 g/mol. The van der Waals surface area contributed by atoms with Gasteiger partial charge in [0.15, 0.2) is 0 Å². The molecule has 0 amide bonds. The van der Waals surface area contributed by atoms with Crippen LogP contribution in [-0.4, -0.2) is 16.2 Å².